The number of ether oxygens (including phenoxy) is 2. The molecule has 2 rings (SSSR count). The predicted octanol–water partition coefficient (Wildman–Crippen LogP) is 5.24. The molecule has 1 saturated heterocycles. The molecule has 1 heterocycles. The number of halogens is 2. The molecule has 1 aromatic carbocycles. The van der Waals surface area contributed by atoms with Crippen LogP contribution in [0.3, 0.4) is 0 Å². The molecule has 1 aromatic rings. The van der Waals surface area contributed by atoms with E-state index in [1.165, 1.54) is 24.8 Å². The van der Waals surface area contributed by atoms with Gasteiger partial charge in [0.2, 0.25) is 0 Å². The second-order valence-electron chi connectivity index (χ2n) is 4.92. The third kappa shape index (κ3) is 4.47. The first kappa shape index (κ1) is 15.3. The molecular weight excluding hydrogens is 372 g/mol. The number of hydrogen-bond acceptors (Lipinski definition) is 2. The number of methoxy groups -OCH3 is 1. The van der Waals surface area contributed by atoms with E-state index in [-0.39, 0.29) is 0 Å². The highest BCUT2D eigenvalue weighted by atomic mass is 79.9. The summed E-state index contributed by atoms with van der Waals surface area (Å²) in [6.07, 6.45) is 6.40. The molecule has 0 bridgehead atoms. The molecule has 1 aliphatic rings. The third-order valence-electron chi connectivity index (χ3n) is 3.56. The van der Waals surface area contributed by atoms with Crippen LogP contribution in [-0.2, 0) is 4.74 Å². The summed E-state index contributed by atoms with van der Waals surface area (Å²) in [5, 5.41) is 0. The van der Waals surface area contributed by atoms with Crippen molar-refractivity contribution in [2.75, 3.05) is 13.7 Å². The largest absolute Gasteiger partial charge is 0.497 e. The lowest BCUT2D eigenvalue weighted by molar-refractivity contribution is 0.0101. The van der Waals surface area contributed by atoms with Gasteiger partial charge in [0.25, 0.3) is 0 Å². The Labute approximate surface area is 132 Å². The number of hydrogen-bond donors (Lipinski definition) is 0. The van der Waals surface area contributed by atoms with Gasteiger partial charge in [-0.25, -0.2) is 0 Å². The molecule has 0 aliphatic carbocycles. The fourth-order valence-corrected chi connectivity index (χ4v) is 4.02. The van der Waals surface area contributed by atoms with Crippen molar-refractivity contribution in [3.05, 3.63) is 28.2 Å². The van der Waals surface area contributed by atoms with E-state index in [0.717, 1.165) is 29.7 Å². The van der Waals surface area contributed by atoms with E-state index in [4.69, 9.17) is 9.47 Å². The van der Waals surface area contributed by atoms with Crippen molar-refractivity contribution in [2.45, 2.75) is 43.0 Å². The van der Waals surface area contributed by atoms with Gasteiger partial charge >= 0.3 is 0 Å². The van der Waals surface area contributed by atoms with Crippen LogP contribution in [0.1, 0.15) is 42.5 Å². The summed E-state index contributed by atoms with van der Waals surface area (Å²) in [4.78, 5) is 0.360. The molecule has 0 radical (unpaired) electrons. The van der Waals surface area contributed by atoms with Crippen LogP contribution >= 0.6 is 31.9 Å². The Morgan fingerprint density at radius 2 is 2.26 bits per heavy atom. The van der Waals surface area contributed by atoms with Crippen LogP contribution in [0.25, 0.3) is 0 Å². The topological polar surface area (TPSA) is 18.5 Å². The van der Waals surface area contributed by atoms with E-state index in [2.05, 4.69) is 37.9 Å². The zero-order valence-electron chi connectivity index (χ0n) is 11.2. The molecule has 1 aliphatic heterocycles. The minimum Gasteiger partial charge on any atom is -0.497 e. The molecule has 2 atom stereocenters. The van der Waals surface area contributed by atoms with E-state index >= 15 is 0 Å². The van der Waals surface area contributed by atoms with E-state index in [1.807, 2.05) is 12.1 Å². The van der Waals surface area contributed by atoms with Crippen molar-refractivity contribution in [3.63, 3.8) is 0 Å². The van der Waals surface area contributed by atoms with Gasteiger partial charge < -0.3 is 9.47 Å². The van der Waals surface area contributed by atoms with Crippen LogP contribution in [0.15, 0.2) is 22.7 Å². The third-order valence-corrected chi connectivity index (χ3v) is 5.20. The van der Waals surface area contributed by atoms with E-state index in [9.17, 15) is 0 Å². The Hall–Kier alpha value is -0.0600. The summed E-state index contributed by atoms with van der Waals surface area (Å²) in [7, 11) is 1.69. The maximum atomic E-state index is 5.78. The fourth-order valence-electron chi connectivity index (χ4n) is 2.41. The van der Waals surface area contributed by atoms with Gasteiger partial charge in [0.05, 0.1) is 13.2 Å². The standard InChI is InChI=1S/C15H20Br2O2/c1-18-12-5-7-13(15(17)10-12)14(16)8-6-11-4-2-3-9-19-11/h5,7,10-11,14H,2-4,6,8-9H2,1H3. The number of benzene rings is 1. The average Bonchev–Trinajstić information content (AvgIpc) is 2.45. The molecule has 2 unspecified atom stereocenters. The van der Waals surface area contributed by atoms with Crippen molar-refractivity contribution in [3.8, 4) is 5.75 Å². The molecule has 1 fully saturated rings. The van der Waals surface area contributed by atoms with E-state index < -0.39 is 0 Å². The van der Waals surface area contributed by atoms with Crippen molar-refractivity contribution in [1.82, 2.24) is 0 Å². The molecule has 0 saturated carbocycles. The molecule has 0 spiro atoms. The summed E-state index contributed by atoms with van der Waals surface area (Å²) >= 11 is 7.40. The molecule has 19 heavy (non-hydrogen) atoms. The zero-order chi connectivity index (χ0) is 13.7. The lowest BCUT2D eigenvalue weighted by atomic mass is 10.0. The smallest absolute Gasteiger partial charge is 0.120 e. The van der Waals surface area contributed by atoms with Crippen molar-refractivity contribution < 1.29 is 9.47 Å². The highest BCUT2D eigenvalue weighted by Crippen LogP contribution is 2.36. The van der Waals surface area contributed by atoms with Crippen LogP contribution < -0.4 is 4.74 Å². The van der Waals surface area contributed by atoms with Crippen LogP contribution in [0, 0.1) is 0 Å². The Bertz CT molecular complexity index is 403. The van der Waals surface area contributed by atoms with E-state index in [1.54, 1.807) is 7.11 Å². The predicted molar refractivity (Wildman–Crippen MR) is 85.2 cm³/mol. The lowest BCUT2D eigenvalue weighted by Gasteiger charge is -2.23. The van der Waals surface area contributed by atoms with Crippen molar-refractivity contribution >= 4 is 31.9 Å². The zero-order valence-corrected chi connectivity index (χ0v) is 14.4. The fraction of sp³-hybridized carbons (Fsp3) is 0.600. The lowest BCUT2D eigenvalue weighted by Crippen LogP contribution is -2.19. The molecule has 0 aromatic heterocycles. The monoisotopic (exact) mass is 390 g/mol. The summed E-state index contributed by atoms with van der Waals surface area (Å²) in [6.45, 7) is 0.934. The number of rotatable bonds is 5. The second-order valence-corrected chi connectivity index (χ2v) is 6.88. The van der Waals surface area contributed by atoms with Crippen LogP contribution in [0.5, 0.6) is 5.75 Å². The first-order valence-corrected chi connectivity index (χ1v) is 8.50. The summed E-state index contributed by atoms with van der Waals surface area (Å²) < 4.78 is 12.1. The highest BCUT2D eigenvalue weighted by molar-refractivity contribution is 9.11. The molecule has 4 heteroatoms. The molecule has 0 N–H and O–H groups in total. The van der Waals surface area contributed by atoms with Crippen LogP contribution in [0.2, 0.25) is 0 Å². The van der Waals surface area contributed by atoms with Gasteiger partial charge in [0.1, 0.15) is 5.75 Å². The molecule has 106 valence electrons. The van der Waals surface area contributed by atoms with Gasteiger partial charge in [-0.3, -0.25) is 0 Å². The summed E-state index contributed by atoms with van der Waals surface area (Å²) in [6, 6.07) is 6.14. The Morgan fingerprint density at radius 1 is 1.42 bits per heavy atom. The Balaban J connectivity index is 1.89. The van der Waals surface area contributed by atoms with Gasteiger partial charge in [-0.2, -0.15) is 0 Å². The maximum absolute atomic E-state index is 5.78. The summed E-state index contributed by atoms with van der Waals surface area (Å²) in [5.41, 5.74) is 1.27. The average molecular weight is 392 g/mol. The number of alkyl halides is 1. The highest BCUT2D eigenvalue weighted by Gasteiger charge is 2.17. The molecular formula is C15H20Br2O2. The molecule has 2 nitrogen and oxygen atoms in total. The SMILES string of the molecule is COc1ccc(C(Br)CCC2CCCCO2)c(Br)c1. The van der Waals surface area contributed by atoms with Gasteiger partial charge in [0.15, 0.2) is 0 Å². The van der Waals surface area contributed by atoms with Gasteiger partial charge in [0, 0.05) is 15.9 Å². The molecule has 0 amide bonds. The van der Waals surface area contributed by atoms with Crippen LogP contribution in [0.4, 0.5) is 0 Å². The Kier molecular flexibility index (Phi) is 6.17. The van der Waals surface area contributed by atoms with Gasteiger partial charge in [-0.1, -0.05) is 37.9 Å². The van der Waals surface area contributed by atoms with Crippen molar-refractivity contribution in [1.29, 1.82) is 0 Å². The minimum absolute atomic E-state index is 0.360. The van der Waals surface area contributed by atoms with E-state index in [0.29, 0.717) is 10.9 Å². The minimum atomic E-state index is 0.360. The Morgan fingerprint density at radius 3 is 2.89 bits per heavy atom. The van der Waals surface area contributed by atoms with Gasteiger partial charge in [-0.05, 0) is 49.8 Å². The second kappa shape index (κ2) is 7.65. The maximum Gasteiger partial charge on any atom is 0.120 e. The van der Waals surface area contributed by atoms with Gasteiger partial charge in [-0.15, -0.1) is 0 Å². The first-order chi connectivity index (χ1) is 9.20. The normalized spacial score (nSPS) is 21.1. The van der Waals surface area contributed by atoms with Crippen LogP contribution in [-0.4, -0.2) is 19.8 Å². The van der Waals surface area contributed by atoms with Crippen molar-refractivity contribution in [2.24, 2.45) is 0 Å². The first-order valence-electron chi connectivity index (χ1n) is 6.80. The summed E-state index contributed by atoms with van der Waals surface area (Å²) in [5.74, 6) is 0.880. The quantitative estimate of drug-likeness (QED) is 0.638.